The van der Waals surface area contributed by atoms with E-state index in [9.17, 15) is 13.2 Å². The van der Waals surface area contributed by atoms with E-state index in [1.54, 1.807) is 30.3 Å². The summed E-state index contributed by atoms with van der Waals surface area (Å²) >= 11 is 5.90. The second kappa shape index (κ2) is 7.78. The predicted molar refractivity (Wildman–Crippen MR) is 120 cm³/mol. The number of fused-ring (bicyclic) bond motifs is 1. The lowest BCUT2D eigenvalue weighted by Crippen LogP contribution is -2.35. The number of rotatable bonds is 4. The van der Waals surface area contributed by atoms with Crippen molar-refractivity contribution in [2.24, 2.45) is 0 Å². The molecule has 0 unspecified atom stereocenters. The topological polar surface area (TPSA) is 66.5 Å². The summed E-state index contributed by atoms with van der Waals surface area (Å²) in [6.07, 6.45) is 0.536. The van der Waals surface area contributed by atoms with Crippen molar-refractivity contribution < 1.29 is 13.2 Å². The summed E-state index contributed by atoms with van der Waals surface area (Å²) in [6, 6.07) is 18.6. The van der Waals surface area contributed by atoms with Crippen molar-refractivity contribution in [3.8, 4) is 0 Å². The van der Waals surface area contributed by atoms with Gasteiger partial charge in [0.2, 0.25) is 0 Å². The van der Waals surface area contributed by atoms with Crippen LogP contribution in [0.1, 0.15) is 28.4 Å². The zero-order chi connectivity index (χ0) is 21.5. The van der Waals surface area contributed by atoms with Crippen molar-refractivity contribution in [3.63, 3.8) is 0 Å². The highest BCUT2D eigenvalue weighted by Crippen LogP contribution is 2.37. The molecule has 0 radical (unpaired) electrons. The van der Waals surface area contributed by atoms with E-state index in [1.165, 1.54) is 16.4 Å². The summed E-state index contributed by atoms with van der Waals surface area (Å²) in [6.45, 7) is 3.84. The van der Waals surface area contributed by atoms with Gasteiger partial charge in [0.1, 0.15) is 0 Å². The average Bonchev–Trinajstić information content (AvgIpc) is 3.05. The molecule has 1 N–H and O–H groups in total. The van der Waals surface area contributed by atoms with Crippen LogP contribution in [0.15, 0.2) is 71.6 Å². The Bertz CT molecular complexity index is 1210. The molecule has 0 spiro atoms. The molecule has 3 aromatic carbocycles. The van der Waals surface area contributed by atoms with Gasteiger partial charge < -0.3 is 5.32 Å². The van der Waals surface area contributed by atoms with Crippen LogP contribution in [0, 0.1) is 6.92 Å². The molecule has 0 aromatic heterocycles. The SMILES string of the molecule is Cc1ccc(NC(=O)c2ccc3c(c2)C[C@@H](C)N3S(=O)(=O)c2ccc(Cl)cc2)cc1. The zero-order valence-electron chi connectivity index (χ0n) is 16.6. The molecule has 0 bridgehead atoms. The van der Waals surface area contributed by atoms with Crippen molar-refractivity contribution in [2.75, 3.05) is 9.62 Å². The summed E-state index contributed by atoms with van der Waals surface area (Å²) in [4.78, 5) is 12.8. The third-order valence-corrected chi connectivity index (χ3v) is 7.37. The van der Waals surface area contributed by atoms with E-state index in [2.05, 4.69) is 5.32 Å². The maximum atomic E-state index is 13.2. The molecule has 7 heteroatoms. The molecule has 4 rings (SSSR count). The molecule has 0 aliphatic carbocycles. The van der Waals surface area contributed by atoms with Crippen LogP contribution in [0.4, 0.5) is 11.4 Å². The highest BCUT2D eigenvalue weighted by molar-refractivity contribution is 7.92. The number of benzene rings is 3. The number of halogens is 1. The molecule has 30 heavy (non-hydrogen) atoms. The Kier molecular flexibility index (Phi) is 5.30. The Morgan fingerprint density at radius 1 is 1.03 bits per heavy atom. The first-order valence-corrected chi connectivity index (χ1v) is 11.4. The molecule has 0 fully saturated rings. The molecule has 1 heterocycles. The van der Waals surface area contributed by atoms with Gasteiger partial charge in [-0.2, -0.15) is 0 Å². The second-order valence-corrected chi connectivity index (χ2v) is 9.72. The molecule has 3 aromatic rings. The minimum Gasteiger partial charge on any atom is -0.322 e. The molecule has 1 aliphatic heterocycles. The summed E-state index contributed by atoms with van der Waals surface area (Å²) in [7, 11) is -3.73. The number of hydrogen-bond donors (Lipinski definition) is 1. The van der Waals surface area contributed by atoms with Crippen LogP contribution in [-0.2, 0) is 16.4 Å². The Morgan fingerprint density at radius 3 is 2.37 bits per heavy atom. The lowest BCUT2D eigenvalue weighted by molar-refractivity contribution is 0.102. The van der Waals surface area contributed by atoms with Gasteiger partial charge in [-0.1, -0.05) is 29.3 Å². The van der Waals surface area contributed by atoms with Crippen molar-refractivity contribution in [1.29, 1.82) is 0 Å². The van der Waals surface area contributed by atoms with Gasteiger partial charge in [-0.3, -0.25) is 9.10 Å². The quantitative estimate of drug-likeness (QED) is 0.618. The summed E-state index contributed by atoms with van der Waals surface area (Å²) < 4.78 is 27.8. The highest BCUT2D eigenvalue weighted by Gasteiger charge is 2.36. The lowest BCUT2D eigenvalue weighted by Gasteiger charge is -2.24. The number of nitrogens with one attached hydrogen (secondary N) is 1. The fourth-order valence-corrected chi connectivity index (χ4v) is 5.49. The standard InChI is InChI=1S/C23H21ClN2O3S/c1-15-3-8-20(9-4-15)25-23(27)17-5-12-22-18(14-17)13-16(2)26(22)30(28,29)21-10-6-19(24)7-11-21/h3-12,14,16H,13H2,1-2H3,(H,25,27)/t16-/m1/s1. The van der Waals surface area contributed by atoms with Crippen LogP contribution in [0.25, 0.3) is 0 Å². The molecule has 1 amide bonds. The molecule has 154 valence electrons. The number of sulfonamides is 1. The third-order valence-electron chi connectivity index (χ3n) is 5.17. The zero-order valence-corrected chi connectivity index (χ0v) is 18.2. The van der Waals surface area contributed by atoms with E-state index < -0.39 is 10.0 Å². The van der Waals surface area contributed by atoms with E-state index >= 15 is 0 Å². The smallest absolute Gasteiger partial charge is 0.264 e. The van der Waals surface area contributed by atoms with Gasteiger partial charge in [0, 0.05) is 22.3 Å². The fraction of sp³-hybridized carbons (Fsp3) is 0.174. The van der Waals surface area contributed by atoms with E-state index in [1.807, 2.05) is 38.1 Å². The average molecular weight is 441 g/mol. The largest absolute Gasteiger partial charge is 0.322 e. The number of aryl methyl sites for hydroxylation is 1. The number of carbonyl (C=O) groups is 1. The molecular weight excluding hydrogens is 420 g/mol. The number of amides is 1. The minimum absolute atomic E-state index is 0.188. The van der Waals surface area contributed by atoms with Crippen molar-refractivity contribution in [3.05, 3.63) is 88.4 Å². The Hall–Kier alpha value is -2.83. The minimum atomic E-state index is -3.73. The third kappa shape index (κ3) is 3.80. The molecule has 5 nitrogen and oxygen atoms in total. The van der Waals surface area contributed by atoms with Crippen LogP contribution in [0.2, 0.25) is 5.02 Å². The Labute approximate surface area is 181 Å². The Morgan fingerprint density at radius 2 is 1.70 bits per heavy atom. The van der Waals surface area contributed by atoms with Crippen LogP contribution in [-0.4, -0.2) is 20.4 Å². The van der Waals surface area contributed by atoms with Gasteiger partial charge in [-0.25, -0.2) is 8.42 Å². The Balaban J connectivity index is 1.62. The first kappa shape index (κ1) is 20.4. The lowest BCUT2D eigenvalue weighted by atomic mass is 10.1. The maximum Gasteiger partial charge on any atom is 0.264 e. The van der Waals surface area contributed by atoms with E-state index in [0.717, 1.165) is 11.1 Å². The summed E-state index contributed by atoms with van der Waals surface area (Å²) in [5.74, 6) is -0.228. The summed E-state index contributed by atoms with van der Waals surface area (Å²) in [5, 5.41) is 3.36. The van der Waals surface area contributed by atoms with E-state index in [0.29, 0.717) is 28.4 Å². The summed E-state index contributed by atoms with van der Waals surface area (Å²) in [5.41, 5.74) is 3.75. The van der Waals surface area contributed by atoms with Crippen LogP contribution in [0.3, 0.4) is 0 Å². The number of nitrogens with zero attached hydrogens (tertiary/aromatic N) is 1. The maximum absolute atomic E-state index is 13.2. The van der Waals surface area contributed by atoms with Crippen molar-refractivity contribution >= 4 is 38.9 Å². The highest BCUT2D eigenvalue weighted by atomic mass is 35.5. The predicted octanol–water partition coefficient (Wildman–Crippen LogP) is 5.04. The number of hydrogen-bond acceptors (Lipinski definition) is 3. The van der Waals surface area contributed by atoms with Crippen molar-refractivity contribution in [1.82, 2.24) is 0 Å². The van der Waals surface area contributed by atoms with Gasteiger partial charge in [0.15, 0.2) is 0 Å². The van der Waals surface area contributed by atoms with Crippen LogP contribution >= 0.6 is 11.6 Å². The van der Waals surface area contributed by atoms with Gasteiger partial charge in [-0.05, 0) is 80.4 Å². The molecule has 0 saturated carbocycles. The van der Waals surface area contributed by atoms with Crippen LogP contribution in [0.5, 0.6) is 0 Å². The van der Waals surface area contributed by atoms with Crippen LogP contribution < -0.4 is 9.62 Å². The van der Waals surface area contributed by atoms with E-state index in [4.69, 9.17) is 11.6 Å². The monoisotopic (exact) mass is 440 g/mol. The number of anilines is 2. The normalized spacial score (nSPS) is 15.7. The number of carbonyl (C=O) groups excluding carboxylic acids is 1. The first-order valence-electron chi connectivity index (χ1n) is 9.56. The molecule has 0 saturated heterocycles. The van der Waals surface area contributed by atoms with Gasteiger partial charge >= 0.3 is 0 Å². The van der Waals surface area contributed by atoms with E-state index in [-0.39, 0.29) is 16.8 Å². The fourth-order valence-electron chi connectivity index (χ4n) is 3.67. The molecular formula is C23H21ClN2O3S. The first-order chi connectivity index (χ1) is 14.3. The molecule has 1 atom stereocenters. The van der Waals surface area contributed by atoms with Gasteiger partial charge in [0.25, 0.3) is 15.9 Å². The van der Waals surface area contributed by atoms with Gasteiger partial charge in [-0.15, -0.1) is 0 Å². The second-order valence-electron chi connectivity index (χ2n) is 7.47. The van der Waals surface area contributed by atoms with Gasteiger partial charge in [0.05, 0.1) is 10.6 Å². The molecule has 1 aliphatic rings. The van der Waals surface area contributed by atoms with Crippen molar-refractivity contribution in [2.45, 2.75) is 31.2 Å².